The Bertz CT molecular complexity index is 1040. The van der Waals surface area contributed by atoms with Crippen molar-refractivity contribution >= 4 is 22.7 Å². The van der Waals surface area contributed by atoms with Gasteiger partial charge < -0.3 is 9.30 Å². The molecular formula is C21H18FNO3. The molecule has 4 rings (SSSR count). The minimum atomic E-state index is -0.459. The molecule has 5 heteroatoms. The summed E-state index contributed by atoms with van der Waals surface area (Å²) in [6.07, 6.45) is 2.01. The summed E-state index contributed by atoms with van der Waals surface area (Å²) in [5.41, 5.74) is 3.54. The number of ketones is 1. The molecule has 132 valence electrons. The van der Waals surface area contributed by atoms with Crippen molar-refractivity contribution in [2.75, 3.05) is 7.11 Å². The number of aromatic nitrogens is 1. The third-order valence-corrected chi connectivity index (χ3v) is 4.93. The molecule has 0 aliphatic heterocycles. The zero-order chi connectivity index (χ0) is 18.3. The Kier molecular flexibility index (Phi) is 4.07. The zero-order valence-electron chi connectivity index (χ0n) is 14.4. The first kappa shape index (κ1) is 16.5. The second-order valence-corrected chi connectivity index (χ2v) is 6.51. The van der Waals surface area contributed by atoms with Gasteiger partial charge in [0.25, 0.3) is 0 Å². The minimum Gasteiger partial charge on any atom is -0.465 e. The van der Waals surface area contributed by atoms with E-state index in [9.17, 15) is 14.0 Å². The second-order valence-electron chi connectivity index (χ2n) is 6.51. The molecule has 0 spiro atoms. The molecule has 1 heterocycles. The van der Waals surface area contributed by atoms with Gasteiger partial charge in [-0.2, -0.15) is 0 Å². The largest absolute Gasteiger partial charge is 0.465 e. The molecule has 0 fully saturated rings. The summed E-state index contributed by atoms with van der Waals surface area (Å²) in [4.78, 5) is 24.9. The van der Waals surface area contributed by atoms with Crippen molar-refractivity contribution in [2.45, 2.75) is 25.8 Å². The Hall–Kier alpha value is -2.95. The molecule has 1 aromatic heterocycles. The first-order valence-electron chi connectivity index (χ1n) is 8.60. The van der Waals surface area contributed by atoms with E-state index in [1.165, 1.54) is 19.2 Å². The van der Waals surface area contributed by atoms with Crippen LogP contribution in [0.15, 0.2) is 42.5 Å². The van der Waals surface area contributed by atoms with E-state index in [2.05, 4.69) is 0 Å². The maximum absolute atomic E-state index is 13.6. The average Bonchev–Trinajstić information content (AvgIpc) is 2.96. The van der Waals surface area contributed by atoms with Gasteiger partial charge in [0.2, 0.25) is 0 Å². The highest BCUT2D eigenvalue weighted by molar-refractivity contribution is 6.16. The Balaban J connectivity index is 1.98. The lowest BCUT2D eigenvalue weighted by molar-refractivity contribution is 0.0603. The molecule has 0 bridgehead atoms. The molecule has 4 nitrogen and oxygen atoms in total. The number of esters is 1. The normalized spacial score (nSPS) is 13.7. The van der Waals surface area contributed by atoms with Crippen LogP contribution >= 0.6 is 0 Å². The highest BCUT2D eigenvalue weighted by atomic mass is 19.1. The Morgan fingerprint density at radius 1 is 1.19 bits per heavy atom. The fourth-order valence-electron chi connectivity index (χ4n) is 3.83. The summed E-state index contributed by atoms with van der Waals surface area (Å²) in [6, 6.07) is 11.8. The number of fused-ring (bicyclic) bond motifs is 3. The summed E-state index contributed by atoms with van der Waals surface area (Å²) in [6.45, 7) is 0.446. The fourth-order valence-corrected chi connectivity index (χ4v) is 3.83. The van der Waals surface area contributed by atoms with Crippen LogP contribution in [0.4, 0.5) is 4.39 Å². The van der Waals surface area contributed by atoms with Gasteiger partial charge in [-0.15, -0.1) is 0 Å². The molecule has 1 aliphatic carbocycles. The van der Waals surface area contributed by atoms with Crippen LogP contribution < -0.4 is 0 Å². The van der Waals surface area contributed by atoms with Gasteiger partial charge >= 0.3 is 5.97 Å². The van der Waals surface area contributed by atoms with E-state index in [4.69, 9.17) is 4.74 Å². The van der Waals surface area contributed by atoms with Crippen LogP contribution in [-0.2, 0) is 17.7 Å². The van der Waals surface area contributed by atoms with Crippen molar-refractivity contribution < 1.29 is 18.7 Å². The van der Waals surface area contributed by atoms with E-state index >= 15 is 0 Å². The lowest BCUT2D eigenvalue weighted by Crippen LogP contribution is -2.14. The summed E-state index contributed by atoms with van der Waals surface area (Å²) in [5, 5.41) is 0.649. The Labute approximate surface area is 150 Å². The first-order valence-corrected chi connectivity index (χ1v) is 8.60. The first-order chi connectivity index (χ1) is 12.6. The van der Waals surface area contributed by atoms with Gasteiger partial charge in [0.1, 0.15) is 5.82 Å². The molecule has 0 amide bonds. The van der Waals surface area contributed by atoms with Crippen molar-refractivity contribution in [1.82, 2.24) is 4.57 Å². The number of Topliss-reactive ketones (excluding diaryl/α,β-unsaturated/α-hetero) is 1. The molecule has 0 unspecified atom stereocenters. The predicted molar refractivity (Wildman–Crippen MR) is 96.0 cm³/mol. The van der Waals surface area contributed by atoms with Crippen molar-refractivity contribution in [2.24, 2.45) is 0 Å². The molecule has 0 atom stereocenters. The molecule has 3 aromatic rings. The van der Waals surface area contributed by atoms with Crippen LogP contribution in [0.1, 0.15) is 44.8 Å². The van der Waals surface area contributed by atoms with Gasteiger partial charge in [-0.1, -0.05) is 18.2 Å². The van der Waals surface area contributed by atoms with Crippen LogP contribution in [-0.4, -0.2) is 23.4 Å². The van der Waals surface area contributed by atoms with E-state index in [0.717, 1.165) is 29.6 Å². The third-order valence-electron chi connectivity index (χ3n) is 4.93. The summed E-state index contributed by atoms with van der Waals surface area (Å²) < 4.78 is 20.5. The van der Waals surface area contributed by atoms with Crippen LogP contribution in [0, 0.1) is 5.82 Å². The van der Waals surface area contributed by atoms with Crippen LogP contribution in [0.2, 0.25) is 0 Å². The summed E-state index contributed by atoms with van der Waals surface area (Å²) in [5.74, 6) is -0.704. The molecule has 0 saturated heterocycles. The topological polar surface area (TPSA) is 48.3 Å². The van der Waals surface area contributed by atoms with Gasteiger partial charge in [-0.05, 0) is 42.7 Å². The quantitative estimate of drug-likeness (QED) is 0.667. The Morgan fingerprint density at radius 2 is 2.00 bits per heavy atom. The number of ether oxygens (including phenoxy) is 1. The molecule has 0 N–H and O–H groups in total. The molecule has 26 heavy (non-hydrogen) atoms. The van der Waals surface area contributed by atoms with E-state index in [1.807, 2.05) is 16.7 Å². The number of carbonyl (C=O) groups excluding carboxylic acids is 2. The number of benzene rings is 2. The van der Waals surface area contributed by atoms with Gasteiger partial charge in [0.15, 0.2) is 5.78 Å². The molecule has 0 radical (unpaired) electrons. The highest BCUT2D eigenvalue weighted by Gasteiger charge is 2.28. The number of carbonyl (C=O) groups is 2. The van der Waals surface area contributed by atoms with Gasteiger partial charge in [-0.25, -0.2) is 9.18 Å². The monoisotopic (exact) mass is 351 g/mol. The van der Waals surface area contributed by atoms with Crippen molar-refractivity contribution in [3.8, 4) is 0 Å². The number of nitrogens with zero attached hydrogens (tertiary/aromatic N) is 1. The Morgan fingerprint density at radius 3 is 2.77 bits per heavy atom. The van der Waals surface area contributed by atoms with Crippen LogP contribution in [0.5, 0.6) is 0 Å². The van der Waals surface area contributed by atoms with Gasteiger partial charge in [0.05, 0.1) is 18.2 Å². The summed E-state index contributed by atoms with van der Waals surface area (Å²) >= 11 is 0. The number of halogens is 1. The van der Waals surface area contributed by atoms with Crippen molar-refractivity contribution in [3.05, 3.63) is 70.7 Å². The maximum Gasteiger partial charge on any atom is 0.338 e. The standard InChI is InChI=1S/C21H18FNO3/c1-26-21(25)15-7-3-8-16-19(15)20-17(9-4-10-18(20)24)23(16)12-13-5-2-6-14(22)11-13/h2-3,5-8,11H,4,9-10,12H2,1H3. The maximum atomic E-state index is 13.6. The summed E-state index contributed by atoms with van der Waals surface area (Å²) in [7, 11) is 1.33. The lowest BCUT2D eigenvalue weighted by Gasteiger charge is -2.15. The number of hydrogen-bond donors (Lipinski definition) is 0. The van der Waals surface area contributed by atoms with E-state index in [0.29, 0.717) is 29.5 Å². The molecule has 0 saturated carbocycles. The van der Waals surface area contributed by atoms with E-state index in [-0.39, 0.29) is 11.6 Å². The lowest BCUT2D eigenvalue weighted by atomic mass is 9.92. The second kappa shape index (κ2) is 6.41. The van der Waals surface area contributed by atoms with Gasteiger partial charge in [-0.3, -0.25) is 4.79 Å². The molecule has 1 aliphatic rings. The predicted octanol–water partition coefficient (Wildman–Crippen LogP) is 4.13. The van der Waals surface area contributed by atoms with Gasteiger partial charge in [0, 0.05) is 29.6 Å². The number of methoxy groups -OCH3 is 1. The number of rotatable bonds is 3. The number of hydrogen-bond acceptors (Lipinski definition) is 3. The molecular weight excluding hydrogens is 333 g/mol. The van der Waals surface area contributed by atoms with Crippen molar-refractivity contribution in [3.63, 3.8) is 0 Å². The zero-order valence-corrected chi connectivity index (χ0v) is 14.4. The fraction of sp³-hybridized carbons (Fsp3) is 0.238. The van der Waals surface area contributed by atoms with Crippen LogP contribution in [0.3, 0.4) is 0 Å². The third kappa shape index (κ3) is 2.60. The van der Waals surface area contributed by atoms with E-state index < -0.39 is 5.97 Å². The molecule has 2 aromatic carbocycles. The van der Waals surface area contributed by atoms with Crippen molar-refractivity contribution in [1.29, 1.82) is 0 Å². The van der Waals surface area contributed by atoms with Crippen LogP contribution in [0.25, 0.3) is 10.9 Å². The highest BCUT2D eigenvalue weighted by Crippen LogP contribution is 2.35. The van der Waals surface area contributed by atoms with E-state index in [1.54, 1.807) is 18.2 Å². The minimum absolute atomic E-state index is 0.0468. The average molecular weight is 351 g/mol. The SMILES string of the molecule is COC(=O)c1cccc2c1c1c(n2Cc2cccc(F)c2)CCCC1=O. The smallest absolute Gasteiger partial charge is 0.338 e.